The van der Waals surface area contributed by atoms with E-state index >= 15 is 0 Å². The molecule has 0 bridgehead atoms. The highest BCUT2D eigenvalue weighted by molar-refractivity contribution is 6.30. The molecular weight excluding hydrogens is 326 g/mol. The van der Waals surface area contributed by atoms with Crippen LogP contribution in [0.15, 0.2) is 54.6 Å². The van der Waals surface area contributed by atoms with Crippen molar-refractivity contribution in [2.45, 2.75) is 6.54 Å². The molecule has 0 spiro atoms. The fraction of sp³-hybridized carbons (Fsp3) is 0.222. The minimum Gasteiger partial charge on any atom is -0.350 e. The third kappa shape index (κ3) is 3.86. The fourth-order valence-electron chi connectivity index (χ4n) is 2.61. The predicted molar refractivity (Wildman–Crippen MR) is 94.1 cm³/mol. The van der Waals surface area contributed by atoms with Gasteiger partial charge in [0.25, 0.3) is 0 Å². The topological polar surface area (TPSA) is 52.7 Å². The van der Waals surface area contributed by atoms with Gasteiger partial charge in [0, 0.05) is 30.3 Å². The van der Waals surface area contributed by atoms with Gasteiger partial charge in [-0.2, -0.15) is 0 Å². The van der Waals surface area contributed by atoms with E-state index in [9.17, 15) is 9.59 Å². The van der Waals surface area contributed by atoms with Crippen LogP contribution in [0, 0.1) is 0 Å². The molecule has 1 fully saturated rings. The van der Waals surface area contributed by atoms with Crippen LogP contribution in [0.5, 0.6) is 0 Å². The van der Waals surface area contributed by atoms with E-state index in [-0.39, 0.29) is 18.5 Å². The SMILES string of the molecule is O=C(CN1CCN(c2ccccc2)C1=O)NCc1ccc(Cl)cc1. The zero-order chi connectivity index (χ0) is 16.9. The smallest absolute Gasteiger partial charge is 0.325 e. The highest BCUT2D eigenvalue weighted by Crippen LogP contribution is 2.19. The number of nitrogens with one attached hydrogen (secondary N) is 1. The minimum absolute atomic E-state index is 0.0652. The summed E-state index contributed by atoms with van der Waals surface area (Å²) in [6, 6.07) is 16.6. The first-order valence-corrected chi connectivity index (χ1v) is 8.14. The number of para-hydroxylation sites is 1. The van der Waals surface area contributed by atoms with Crippen LogP contribution >= 0.6 is 11.6 Å². The summed E-state index contributed by atoms with van der Waals surface area (Å²) in [5.41, 5.74) is 1.82. The van der Waals surface area contributed by atoms with Crippen LogP contribution in [-0.4, -0.2) is 36.5 Å². The number of carbonyl (C=O) groups excluding carboxylic acids is 2. The second kappa shape index (κ2) is 7.36. The Balaban J connectivity index is 1.52. The molecule has 24 heavy (non-hydrogen) atoms. The molecule has 1 aliphatic rings. The van der Waals surface area contributed by atoms with Gasteiger partial charge in [-0.3, -0.25) is 9.69 Å². The summed E-state index contributed by atoms with van der Waals surface area (Å²) in [5.74, 6) is -0.173. The number of nitrogens with zero attached hydrogens (tertiary/aromatic N) is 2. The number of hydrogen-bond acceptors (Lipinski definition) is 2. The molecule has 1 saturated heterocycles. The molecule has 2 aromatic carbocycles. The van der Waals surface area contributed by atoms with E-state index in [0.717, 1.165) is 11.3 Å². The molecular formula is C18H18ClN3O2. The van der Waals surface area contributed by atoms with Gasteiger partial charge in [-0.25, -0.2) is 4.79 Å². The lowest BCUT2D eigenvalue weighted by Crippen LogP contribution is -2.39. The van der Waals surface area contributed by atoms with Gasteiger partial charge in [0.15, 0.2) is 0 Å². The summed E-state index contributed by atoms with van der Waals surface area (Å²) in [5, 5.41) is 3.49. The van der Waals surface area contributed by atoms with Crippen LogP contribution < -0.4 is 10.2 Å². The van der Waals surface area contributed by atoms with Crippen molar-refractivity contribution in [2.75, 3.05) is 24.5 Å². The van der Waals surface area contributed by atoms with Gasteiger partial charge in [-0.1, -0.05) is 41.9 Å². The number of amides is 3. The average molecular weight is 344 g/mol. The van der Waals surface area contributed by atoms with Gasteiger partial charge < -0.3 is 10.2 Å². The van der Waals surface area contributed by atoms with E-state index < -0.39 is 0 Å². The first-order valence-electron chi connectivity index (χ1n) is 7.76. The van der Waals surface area contributed by atoms with E-state index in [4.69, 9.17) is 11.6 Å². The van der Waals surface area contributed by atoms with Crippen LogP contribution in [0.4, 0.5) is 10.5 Å². The minimum atomic E-state index is -0.173. The molecule has 0 radical (unpaired) electrons. The maximum Gasteiger partial charge on any atom is 0.325 e. The van der Waals surface area contributed by atoms with Crippen LogP contribution in [0.25, 0.3) is 0 Å². The first kappa shape index (κ1) is 16.3. The Hall–Kier alpha value is -2.53. The van der Waals surface area contributed by atoms with E-state index in [1.807, 2.05) is 42.5 Å². The molecule has 3 amide bonds. The Morgan fingerprint density at radius 1 is 1.04 bits per heavy atom. The molecule has 0 aromatic heterocycles. The van der Waals surface area contributed by atoms with Crippen LogP contribution in [0.2, 0.25) is 5.02 Å². The maximum absolute atomic E-state index is 12.4. The molecule has 0 aliphatic carbocycles. The normalized spacial score (nSPS) is 14.1. The van der Waals surface area contributed by atoms with Gasteiger partial charge in [0.1, 0.15) is 6.54 Å². The summed E-state index contributed by atoms with van der Waals surface area (Å²) < 4.78 is 0. The van der Waals surface area contributed by atoms with Crippen LogP contribution in [0.1, 0.15) is 5.56 Å². The number of benzene rings is 2. The standard InChI is InChI=1S/C18H18ClN3O2/c19-15-8-6-14(7-9-15)12-20-17(23)13-21-10-11-22(18(21)24)16-4-2-1-3-5-16/h1-9H,10-13H2,(H,20,23). The fourth-order valence-corrected chi connectivity index (χ4v) is 2.74. The van der Waals surface area contributed by atoms with Crippen molar-refractivity contribution in [3.63, 3.8) is 0 Å². The summed E-state index contributed by atoms with van der Waals surface area (Å²) in [4.78, 5) is 27.7. The third-order valence-electron chi connectivity index (χ3n) is 3.90. The van der Waals surface area contributed by atoms with Gasteiger partial charge in [-0.05, 0) is 29.8 Å². The van der Waals surface area contributed by atoms with Crippen molar-refractivity contribution in [3.8, 4) is 0 Å². The van der Waals surface area contributed by atoms with E-state index in [0.29, 0.717) is 24.7 Å². The molecule has 6 heteroatoms. The molecule has 1 heterocycles. The van der Waals surface area contributed by atoms with Gasteiger partial charge in [-0.15, -0.1) is 0 Å². The zero-order valence-corrected chi connectivity index (χ0v) is 13.9. The first-order chi connectivity index (χ1) is 11.6. The Morgan fingerprint density at radius 2 is 1.75 bits per heavy atom. The summed E-state index contributed by atoms with van der Waals surface area (Å²) >= 11 is 5.83. The van der Waals surface area contributed by atoms with E-state index in [1.165, 1.54) is 0 Å². The molecule has 0 atom stereocenters. The summed E-state index contributed by atoms with van der Waals surface area (Å²) in [6.45, 7) is 1.62. The highest BCUT2D eigenvalue weighted by Gasteiger charge is 2.30. The van der Waals surface area contributed by atoms with Gasteiger partial charge in [0.2, 0.25) is 5.91 Å². The van der Waals surface area contributed by atoms with Crippen molar-refractivity contribution in [3.05, 3.63) is 65.2 Å². The molecule has 1 N–H and O–H groups in total. The summed E-state index contributed by atoms with van der Waals surface area (Å²) in [6.07, 6.45) is 0. The van der Waals surface area contributed by atoms with Crippen molar-refractivity contribution in [2.24, 2.45) is 0 Å². The van der Waals surface area contributed by atoms with Crippen molar-refractivity contribution in [1.29, 1.82) is 0 Å². The number of hydrogen-bond donors (Lipinski definition) is 1. The third-order valence-corrected chi connectivity index (χ3v) is 4.15. The lowest BCUT2D eigenvalue weighted by Gasteiger charge is -2.18. The highest BCUT2D eigenvalue weighted by atomic mass is 35.5. The molecule has 2 aromatic rings. The average Bonchev–Trinajstić information content (AvgIpc) is 2.96. The molecule has 124 valence electrons. The second-order valence-electron chi connectivity index (χ2n) is 5.59. The van der Waals surface area contributed by atoms with E-state index in [1.54, 1.807) is 21.9 Å². The number of rotatable bonds is 5. The number of carbonyl (C=O) groups is 2. The molecule has 1 aliphatic heterocycles. The predicted octanol–water partition coefficient (Wildman–Crippen LogP) is 2.90. The molecule has 5 nitrogen and oxygen atoms in total. The molecule has 3 rings (SSSR count). The largest absolute Gasteiger partial charge is 0.350 e. The van der Waals surface area contributed by atoms with E-state index in [2.05, 4.69) is 5.32 Å². The maximum atomic E-state index is 12.4. The van der Waals surface area contributed by atoms with Crippen LogP contribution in [-0.2, 0) is 11.3 Å². The molecule has 0 saturated carbocycles. The van der Waals surface area contributed by atoms with Crippen molar-refractivity contribution >= 4 is 29.2 Å². The number of anilines is 1. The Morgan fingerprint density at radius 3 is 2.46 bits per heavy atom. The summed E-state index contributed by atoms with van der Waals surface area (Å²) in [7, 11) is 0. The number of halogens is 1. The van der Waals surface area contributed by atoms with Gasteiger partial charge >= 0.3 is 6.03 Å². The monoisotopic (exact) mass is 343 g/mol. The molecule has 0 unspecified atom stereocenters. The Kier molecular flexibility index (Phi) is 5.01. The van der Waals surface area contributed by atoms with Gasteiger partial charge in [0.05, 0.1) is 0 Å². The Bertz CT molecular complexity index is 719. The lowest BCUT2D eigenvalue weighted by molar-refractivity contribution is -0.121. The number of urea groups is 1. The zero-order valence-electron chi connectivity index (χ0n) is 13.1. The van der Waals surface area contributed by atoms with Crippen LogP contribution in [0.3, 0.4) is 0 Å². The Labute approximate surface area is 145 Å². The lowest BCUT2D eigenvalue weighted by atomic mass is 10.2. The van der Waals surface area contributed by atoms with Crippen molar-refractivity contribution in [1.82, 2.24) is 10.2 Å². The quantitative estimate of drug-likeness (QED) is 0.907. The second-order valence-corrected chi connectivity index (χ2v) is 6.03. The van der Waals surface area contributed by atoms with Crippen molar-refractivity contribution < 1.29 is 9.59 Å².